The second-order valence-electron chi connectivity index (χ2n) is 9.21. The van der Waals surface area contributed by atoms with E-state index in [0.717, 1.165) is 46.8 Å². The molecule has 31 heavy (non-hydrogen) atoms. The van der Waals surface area contributed by atoms with Crippen LogP contribution < -0.4 is 5.32 Å². The molecule has 0 spiro atoms. The molecule has 1 saturated carbocycles. The number of anilines is 1. The van der Waals surface area contributed by atoms with Crippen LogP contribution >= 0.6 is 0 Å². The van der Waals surface area contributed by atoms with Crippen molar-refractivity contribution in [3.63, 3.8) is 0 Å². The SMILES string of the molecule is CC1=Nc2ncc(C3=CCCc4nc(NCC(F)(F)C5CC5)ncc43)cc2C1C(C)C.[HH].[HH]. The highest BCUT2D eigenvalue weighted by atomic mass is 19.3. The summed E-state index contributed by atoms with van der Waals surface area (Å²) in [4.78, 5) is 18.2. The number of halogens is 2. The summed E-state index contributed by atoms with van der Waals surface area (Å²) in [5.41, 5.74) is 6.19. The summed E-state index contributed by atoms with van der Waals surface area (Å²) < 4.78 is 28.0. The lowest BCUT2D eigenvalue weighted by atomic mass is 9.85. The molecule has 2 aromatic heterocycles. The fourth-order valence-electron chi connectivity index (χ4n) is 4.75. The molecule has 1 fully saturated rings. The van der Waals surface area contributed by atoms with E-state index in [4.69, 9.17) is 0 Å². The minimum Gasteiger partial charge on any atom is -0.348 e. The number of hydrogen-bond acceptors (Lipinski definition) is 5. The summed E-state index contributed by atoms with van der Waals surface area (Å²) in [6.07, 6.45) is 8.62. The predicted molar refractivity (Wildman–Crippen MR) is 122 cm³/mol. The van der Waals surface area contributed by atoms with Crippen LogP contribution in [0.3, 0.4) is 0 Å². The average Bonchev–Trinajstić information content (AvgIpc) is 3.54. The Labute approximate surface area is 184 Å². The van der Waals surface area contributed by atoms with Crippen molar-refractivity contribution in [2.75, 3.05) is 11.9 Å². The first-order valence-electron chi connectivity index (χ1n) is 11.1. The molecule has 0 amide bonds. The molecule has 0 saturated heterocycles. The molecule has 2 aromatic rings. The highest BCUT2D eigenvalue weighted by molar-refractivity contribution is 5.96. The number of aryl methyl sites for hydroxylation is 1. The van der Waals surface area contributed by atoms with Gasteiger partial charge in [0.15, 0.2) is 5.82 Å². The molecule has 0 aromatic carbocycles. The lowest BCUT2D eigenvalue weighted by Crippen LogP contribution is -2.30. The zero-order chi connectivity index (χ0) is 21.8. The maximum atomic E-state index is 14.0. The summed E-state index contributed by atoms with van der Waals surface area (Å²) in [6.45, 7) is 6.06. The van der Waals surface area contributed by atoms with E-state index in [1.807, 2.05) is 6.20 Å². The Morgan fingerprint density at radius 1 is 1.23 bits per heavy atom. The second kappa shape index (κ2) is 7.46. The van der Waals surface area contributed by atoms with Crippen LogP contribution in [0, 0.1) is 11.8 Å². The van der Waals surface area contributed by atoms with Crippen LogP contribution in [0.2, 0.25) is 0 Å². The lowest BCUT2D eigenvalue weighted by molar-refractivity contribution is -0.00832. The fourth-order valence-corrected chi connectivity index (χ4v) is 4.75. The molecule has 5 rings (SSSR count). The van der Waals surface area contributed by atoms with E-state index in [1.54, 1.807) is 6.20 Å². The van der Waals surface area contributed by atoms with Crippen LogP contribution in [0.15, 0.2) is 29.5 Å². The van der Waals surface area contributed by atoms with Crippen LogP contribution in [0.4, 0.5) is 20.5 Å². The maximum Gasteiger partial charge on any atom is 0.267 e. The van der Waals surface area contributed by atoms with Crippen molar-refractivity contribution >= 4 is 23.1 Å². The van der Waals surface area contributed by atoms with Gasteiger partial charge in [-0.2, -0.15) is 0 Å². The first kappa shape index (κ1) is 20.2. The van der Waals surface area contributed by atoms with Gasteiger partial charge in [-0.3, -0.25) is 0 Å². The first-order chi connectivity index (χ1) is 14.8. The Kier molecular flexibility index (Phi) is 4.87. The van der Waals surface area contributed by atoms with Gasteiger partial charge in [0.25, 0.3) is 5.92 Å². The number of pyridine rings is 1. The maximum absolute atomic E-state index is 14.0. The van der Waals surface area contributed by atoms with Gasteiger partial charge in [0, 0.05) is 49.5 Å². The van der Waals surface area contributed by atoms with Crippen molar-refractivity contribution in [1.29, 1.82) is 0 Å². The number of hydrogen-bond donors (Lipinski definition) is 1. The van der Waals surface area contributed by atoms with Gasteiger partial charge in [-0.25, -0.2) is 28.7 Å². The van der Waals surface area contributed by atoms with Crippen LogP contribution in [-0.2, 0) is 6.42 Å². The number of nitrogens with zero attached hydrogens (tertiary/aromatic N) is 4. The number of fused-ring (bicyclic) bond motifs is 2. The van der Waals surface area contributed by atoms with Crippen LogP contribution in [0.25, 0.3) is 5.57 Å². The zero-order valence-corrected chi connectivity index (χ0v) is 18.1. The van der Waals surface area contributed by atoms with Gasteiger partial charge >= 0.3 is 0 Å². The number of aliphatic imine (C=N–C) groups is 1. The molecule has 0 bridgehead atoms. The molecule has 7 heteroatoms. The van der Waals surface area contributed by atoms with Crippen LogP contribution in [0.1, 0.15) is 71.2 Å². The number of allylic oxidation sites excluding steroid dienone is 1. The Morgan fingerprint density at radius 3 is 2.77 bits per heavy atom. The van der Waals surface area contributed by atoms with E-state index < -0.39 is 18.4 Å². The summed E-state index contributed by atoms with van der Waals surface area (Å²) in [5, 5.41) is 2.75. The standard InChI is InChI=1S/C24H27F2N5.2H2/c1-13(2)21-14(3)30-22-18(21)9-15(10-27-22)17-5-4-6-20-19(17)11-28-23(31-20)29-12-24(25,26)16-7-8-16;;/h5,9-11,13,16,21H,4,6-8,12H2,1-3H3,(H,28,29,31);2*1H. The molecule has 166 valence electrons. The van der Waals surface area contributed by atoms with Crippen molar-refractivity contribution in [3.05, 3.63) is 46.9 Å². The monoisotopic (exact) mass is 427 g/mol. The van der Waals surface area contributed by atoms with E-state index in [-0.39, 0.29) is 14.7 Å². The third-order valence-electron chi connectivity index (χ3n) is 6.48. The average molecular weight is 428 g/mol. The largest absolute Gasteiger partial charge is 0.348 e. The smallest absolute Gasteiger partial charge is 0.267 e. The number of alkyl halides is 2. The van der Waals surface area contributed by atoms with Crippen molar-refractivity contribution in [2.24, 2.45) is 16.8 Å². The number of nitrogens with one attached hydrogen (secondary N) is 1. The Balaban J connectivity index is 0.00000153. The van der Waals surface area contributed by atoms with E-state index in [1.165, 1.54) is 5.56 Å². The molecular formula is C24H31F2N5. The highest BCUT2D eigenvalue weighted by Gasteiger charge is 2.46. The summed E-state index contributed by atoms with van der Waals surface area (Å²) in [5.74, 6) is -1.39. The third-order valence-corrected chi connectivity index (χ3v) is 6.48. The van der Waals surface area contributed by atoms with Crippen LogP contribution in [0.5, 0.6) is 0 Å². The number of rotatable bonds is 6. The minimum atomic E-state index is -2.70. The zero-order valence-electron chi connectivity index (χ0n) is 18.1. The highest BCUT2D eigenvalue weighted by Crippen LogP contribution is 2.43. The molecule has 1 atom stereocenters. The van der Waals surface area contributed by atoms with E-state index in [0.29, 0.717) is 18.8 Å². The molecule has 3 aliphatic rings. The topological polar surface area (TPSA) is 63.1 Å². The summed E-state index contributed by atoms with van der Waals surface area (Å²) >= 11 is 0. The lowest BCUT2D eigenvalue weighted by Gasteiger charge is -2.21. The summed E-state index contributed by atoms with van der Waals surface area (Å²) in [6, 6.07) is 2.19. The van der Waals surface area contributed by atoms with Gasteiger partial charge in [0.05, 0.1) is 12.2 Å². The fraction of sp³-hybridized carbons (Fsp3) is 0.500. The molecule has 1 unspecified atom stereocenters. The van der Waals surface area contributed by atoms with Gasteiger partial charge in [0.2, 0.25) is 5.95 Å². The molecule has 0 radical (unpaired) electrons. The molecule has 1 N–H and O–H groups in total. The number of aromatic nitrogens is 3. The Bertz CT molecular complexity index is 1100. The second-order valence-corrected chi connectivity index (χ2v) is 9.21. The molecule has 2 aliphatic carbocycles. The molecular weight excluding hydrogens is 396 g/mol. The van der Waals surface area contributed by atoms with Gasteiger partial charge in [-0.05, 0) is 50.2 Å². The first-order valence-corrected chi connectivity index (χ1v) is 11.1. The van der Waals surface area contributed by atoms with E-state index in [2.05, 4.69) is 58.2 Å². The third kappa shape index (κ3) is 3.75. The molecule has 3 heterocycles. The Morgan fingerprint density at radius 2 is 2.03 bits per heavy atom. The molecule has 5 nitrogen and oxygen atoms in total. The predicted octanol–water partition coefficient (Wildman–Crippen LogP) is 6.04. The van der Waals surface area contributed by atoms with Gasteiger partial charge in [-0.1, -0.05) is 19.9 Å². The van der Waals surface area contributed by atoms with Gasteiger partial charge in [-0.15, -0.1) is 0 Å². The summed E-state index contributed by atoms with van der Waals surface area (Å²) in [7, 11) is 0. The van der Waals surface area contributed by atoms with Gasteiger partial charge < -0.3 is 5.32 Å². The Hall–Kier alpha value is -2.70. The quantitative estimate of drug-likeness (QED) is 0.610. The van der Waals surface area contributed by atoms with Crippen LogP contribution in [-0.4, -0.2) is 33.1 Å². The van der Waals surface area contributed by atoms with Crippen molar-refractivity contribution in [3.8, 4) is 0 Å². The van der Waals surface area contributed by atoms with Crippen molar-refractivity contribution in [2.45, 2.75) is 58.3 Å². The molecule has 1 aliphatic heterocycles. The van der Waals surface area contributed by atoms with E-state index in [9.17, 15) is 8.78 Å². The van der Waals surface area contributed by atoms with Crippen molar-refractivity contribution < 1.29 is 11.6 Å². The minimum absolute atomic E-state index is 0. The van der Waals surface area contributed by atoms with Gasteiger partial charge in [0.1, 0.15) is 0 Å². The normalized spacial score (nSPS) is 20.3. The van der Waals surface area contributed by atoms with E-state index >= 15 is 0 Å². The van der Waals surface area contributed by atoms with Crippen molar-refractivity contribution in [1.82, 2.24) is 15.0 Å².